The largest absolute Gasteiger partial charge is 0.381 e. The number of nitrogens with two attached hydrogens (primary N) is 1. The highest BCUT2D eigenvalue weighted by Crippen LogP contribution is 2.19. The number of rotatable bonds is 5. The number of sulfonamides is 1. The number of aromatic nitrogens is 1. The molecule has 6 nitrogen and oxygen atoms in total. The summed E-state index contributed by atoms with van der Waals surface area (Å²) in [5.74, 6) is 0.243. The van der Waals surface area contributed by atoms with Gasteiger partial charge in [0.2, 0.25) is 10.0 Å². The Kier molecular flexibility index (Phi) is 4.06. The van der Waals surface area contributed by atoms with Gasteiger partial charge in [0, 0.05) is 37.0 Å². The summed E-state index contributed by atoms with van der Waals surface area (Å²) in [4.78, 5) is 3.07. The van der Waals surface area contributed by atoms with E-state index in [0.717, 1.165) is 6.42 Å². The molecule has 0 saturated carbocycles. The lowest BCUT2D eigenvalue weighted by molar-refractivity contribution is 0.180. The number of hydrogen-bond acceptors (Lipinski definition) is 4. The molecule has 102 valence electrons. The Balaban J connectivity index is 2.06. The number of hydrogen-bond donors (Lipinski definition) is 3. The van der Waals surface area contributed by atoms with Gasteiger partial charge in [-0.3, -0.25) is 0 Å². The maximum atomic E-state index is 12.1. The fraction of sp³-hybridized carbons (Fsp3) is 0.636. The van der Waals surface area contributed by atoms with E-state index in [0.29, 0.717) is 25.5 Å². The van der Waals surface area contributed by atoms with Gasteiger partial charge in [0.05, 0.1) is 11.5 Å². The van der Waals surface area contributed by atoms with Crippen molar-refractivity contribution in [2.24, 2.45) is 11.7 Å². The van der Waals surface area contributed by atoms with Crippen molar-refractivity contribution in [2.75, 3.05) is 13.2 Å². The van der Waals surface area contributed by atoms with Crippen LogP contribution in [0.4, 0.5) is 0 Å². The first-order valence-corrected chi connectivity index (χ1v) is 7.48. The van der Waals surface area contributed by atoms with Crippen LogP contribution in [0.3, 0.4) is 0 Å². The zero-order chi connectivity index (χ0) is 13.2. The van der Waals surface area contributed by atoms with E-state index in [1.807, 2.05) is 6.92 Å². The number of ether oxygens (including phenoxy) is 1. The van der Waals surface area contributed by atoms with Crippen LogP contribution >= 0.6 is 0 Å². The quantitative estimate of drug-likeness (QED) is 0.712. The molecule has 2 unspecified atom stereocenters. The summed E-state index contributed by atoms with van der Waals surface area (Å²) in [6.45, 7) is 3.48. The van der Waals surface area contributed by atoms with Gasteiger partial charge < -0.3 is 15.5 Å². The molecule has 2 rings (SSSR count). The van der Waals surface area contributed by atoms with Gasteiger partial charge in [-0.25, -0.2) is 13.1 Å². The highest BCUT2D eigenvalue weighted by atomic mass is 32.2. The first-order valence-electron chi connectivity index (χ1n) is 6.00. The van der Waals surface area contributed by atoms with Crippen molar-refractivity contribution < 1.29 is 13.2 Å². The third kappa shape index (κ3) is 2.92. The second kappa shape index (κ2) is 5.40. The molecule has 2 atom stereocenters. The second-order valence-corrected chi connectivity index (χ2v) is 6.31. The maximum Gasteiger partial charge on any atom is 0.242 e. The monoisotopic (exact) mass is 273 g/mol. The van der Waals surface area contributed by atoms with Crippen LogP contribution < -0.4 is 10.5 Å². The lowest BCUT2D eigenvalue weighted by Crippen LogP contribution is -2.38. The van der Waals surface area contributed by atoms with Gasteiger partial charge >= 0.3 is 0 Å². The van der Waals surface area contributed by atoms with E-state index >= 15 is 0 Å². The van der Waals surface area contributed by atoms with E-state index in [1.54, 1.807) is 6.07 Å². The number of nitrogens with one attached hydrogen (secondary N) is 2. The Bertz CT molecular complexity index is 491. The Morgan fingerprint density at radius 2 is 2.44 bits per heavy atom. The van der Waals surface area contributed by atoms with Crippen molar-refractivity contribution in [2.45, 2.75) is 30.8 Å². The van der Waals surface area contributed by atoms with Crippen molar-refractivity contribution in [3.05, 3.63) is 18.0 Å². The van der Waals surface area contributed by atoms with Crippen LogP contribution in [0.1, 0.15) is 19.0 Å². The summed E-state index contributed by atoms with van der Waals surface area (Å²) >= 11 is 0. The SMILES string of the molecule is CC(NS(=O)(=O)c1c[nH]c(CN)c1)C1CCOC1. The zero-order valence-electron chi connectivity index (χ0n) is 10.3. The fourth-order valence-corrected chi connectivity index (χ4v) is 3.38. The van der Waals surface area contributed by atoms with Gasteiger partial charge in [0.15, 0.2) is 0 Å². The molecule has 1 aliphatic rings. The van der Waals surface area contributed by atoms with E-state index < -0.39 is 10.0 Å². The van der Waals surface area contributed by atoms with Crippen LogP contribution in [0.15, 0.2) is 17.2 Å². The van der Waals surface area contributed by atoms with E-state index in [4.69, 9.17) is 10.5 Å². The van der Waals surface area contributed by atoms with Crippen molar-refractivity contribution in [3.8, 4) is 0 Å². The Morgan fingerprint density at radius 1 is 1.67 bits per heavy atom. The molecule has 1 saturated heterocycles. The molecule has 1 aromatic rings. The van der Waals surface area contributed by atoms with Crippen molar-refractivity contribution in [3.63, 3.8) is 0 Å². The molecule has 0 amide bonds. The molecule has 0 aliphatic carbocycles. The molecule has 2 heterocycles. The maximum absolute atomic E-state index is 12.1. The molecule has 18 heavy (non-hydrogen) atoms. The third-order valence-corrected chi connectivity index (χ3v) is 4.80. The summed E-state index contributed by atoms with van der Waals surface area (Å²) in [6, 6.07) is 1.42. The molecule has 1 aliphatic heterocycles. The summed E-state index contributed by atoms with van der Waals surface area (Å²) in [6.07, 6.45) is 2.35. The standard InChI is InChI=1S/C11H19N3O3S/c1-8(9-2-3-17-7-9)14-18(15,16)11-4-10(5-12)13-6-11/h4,6,8-9,13-14H,2-3,5,7,12H2,1H3. The third-order valence-electron chi connectivity index (χ3n) is 3.26. The molecular formula is C11H19N3O3S. The van der Waals surface area contributed by atoms with Crippen LogP contribution in [-0.2, 0) is 21.3 Å². The summed E-state index contributed by atoms with van der Waals surface area (Å²) < 4.78 is 32.2. The predicted octanol–water partition coefficient (Wildman–Crippen LogP) is 0.177. The summed E-state index contributed by atoms with van der Waals surface area (Å²) in [5.41, 5.74) is 6.15. The minimum Gasteiger partial charge on any atom is -0.381 e. The average Bonchev–Trinajstić information content (AvgIpc) is 3.00. The number of H-pyrrole nitrogens is 1. The molecule has 1 fully saturated rings. The average molecular weight is 273 g/mol. The van der Waals surface area contributed by atoms with Crippen LogP contribution in [0.25, 0.3) is 0 Å². The Morgan fingerprint density at radius 3 is 3.00 bits per heavy atom. The van der Waals surface area contributed by atoms with Crippen molar-refractivity contribution >= 4 is 10.0 Å². The lowest BCUT2D eigenvalue weighted by atomic mass is 10.0. The van der Waals surface area contributed by atoms with Gasteiger partial charge in [-0.05, 0) is 19.4 Å². The van der Waals surface area contributed by atoms with Crippen LogP contribution in [-0.4, -0.2) is 32.7 Å². The lowest BCUT2D eigenvalue weighted by Gasteiger charge is -2.18. The van der Waals surface area contributed by atoms with Crippen molar-refractivity contribution in [1.82, 2.24) is 9.71 Å². The smallest absolute Gasteiger partial charge is 0.242 e. The van der Waals surface area contributed by atoms with E-state index in [2.05, 4.69) is 9.71 Å². The summed E-state index contributed by atoms with van der Waals surface area (Å²) in [5, 5.41) is 0. The van der Waals surface area contributed by atoms with Gasteiger partial charge in [-0.2, -0.15) is 0 Å². The topological polar surface area (TPSA) is 97.2 Å². The van der Waals surface area contributed by atoms with Gasteiger partial charge in [-0.1, -0.05) is 0 Å². The Labute approximate surface area is 107 Å². The molecule has 0 bridgehead atoms. The molecule has 4 N–H and O–H groups in total. The van der Waals surface area contributed by atoms with Crippen LogP contribution in [0.5, 0.6) is 0 Å². The molecule has 1 aromatic heterocycles. The molecular weight excluding hydrogens is 254 g/mol. The van der Waals surface area contributed by atoms with Gasteiger partial charge in [-0.15, -0.1) is 0 Å². The first kappa shape index (κ1) is 13.5. The molecule has 0 aromatic carbocycles. The van der Waals surface area contributed by atoms with Crippen LogP contribution in [0, 0.1) is 5.92 Å². The van der Waals surface area contributed by atoms with E-state index in [1.165, 1.54) is 6.20 Å². The highest BCUT2D eigenvalue weighted by molar-refractivity contribution is 7.89. The van der Waals surface area contributed by atoms with Crippen LogP contribution in [0.2, 0.25) is 0 Å². The zero-order valence-corrected chi connectivity index (χ0v) is 11.2. The van der Waals surface area contributed by atoms with Gasteiger partial charge in [0.1, 0.15) is 0 Å². The minimum absolute atomic E-state index is 0.131. The minimum atomic E-state index is -3.48. The van der Waals surface area contributed by atoms with Crippen molar-refractivity contribution in [1.29, 1.82) is 0 Å². The normalized spacial score (nSPS) is 22.2. The fourth-order valence-electron chi connectivity index (χ4n) is 2.05. The molecule has 7 heteroatoms. The first-order chi connectivity index (χ1) is 8.53. The highest BCUT2D eigenvalue weighted by Gasteiger charge is 2.27. The Hall–Kier alpha value is -0.890. The second-order valence-electron chi connectivity index (χ2n) is 4.60. The molecule has 0 radical (unpaired) electrons. The van der Waals surface area contributed by atoms with E-state index in [9.17, 15) is 8.42 Å². The molecule has 0 spiro atoms. The summed E-state index contributed by atoms with van der Waals surface area (Å²) in [7, 11) is -3.48. The predicted molar refractivity (Wildman–Crippen MR) is 67.4 cm³/mol. The van der Waals surface area contributed by atoms with E-state index in [-0.39, 0.29) is 16.9 Å². The van der Waals surface area contributed by atoms with Gasteiger partial charge in [0.25, 0.3) is 0 Å². The number of aromatic amines is 1.